The monoisotopic (exact) mass is 298 g/mol. The van der Waals surface area contributed by atoms with Gasteiger partial charge in [-0.1, -0.05) is 42.8 Å². The Balaban J connectivity index is 1.51. The maximum Gasteiger partial charge on any atom is 0.220 e. The molecule has 0 saturated heterocycles. The smallest absolute Gasteiger partial charge is 0.220 e. The molecule has 0 bridgehead atoms. The standard InChI is InChI=1S/C18H22N2O2/c1-2-5-15-11-16(22-20-15)12-19-18(21)10-14-9-8-13-6-3-4-7-17(13)14/h3-4,6-7,11,14H,2,5,8-10,12H2,1H3,(H,19,21). The summed E-state index contributed by atoms with van der Waals surface area (Å²) < 4.78 is 5.23. The summed E-state index contributed by atoms with van der Waals surface area (Å²) in [6.07, 6.45) is 4.65. The number of nitrogens with one attached hydrogen (secondary N) is 1. The molecular weight excluding hydrogens is 276 g/mol. The van der Waals surface area contributed by atoms with Crippen LogP contribution in [0.1, 0.15) is 54.7 Å². The Morgan fingerprint density at radius 3 is 3.14 bits per heavy atom. The highest BCUT2D eigenvalue weighted by Crippen LogP contribution is 2.35. The second-order valence-electron chi connectivity index (χ2n) is 5.95. The number of carbonyl (C=O) groups excluding carboxylic acids is 1. The highest BCUT2D eigenvalue weighted by molar-refractivity contribution is 5.77. The summed E-state index contributed by atoms with van der Waals surface area (Å²) in [5.74, 6) is 1.15. The van der Waals surface area contributed by atoms with Crippen molar-refractivity contribution in [1.82, 2.24) is 10.5 Å². The van der Waals surface area contributed by atoms with E-state index in [9.17, 15) is 4.79 Å². The van der Waals surface area contributed by atoms with Crippen LogP contribution in [0.3, 0.4) is 0 Å². The molecule has 0 saturated carbocycles. The van der Waals surface area contributed by atoms with Crippen LogP contribution < -0.4 is 5.32 Å². The highest BCUT2D eigenvalue weighted by atomic mass is 16.5. The predicted octanol–water partition coefficient (Wildman–Crippen LogP) is 3.36. The summed E-state index contributed by atoms with van der Waals surface area (Å²) in [6, 6.07) is 10.4. The first-order chi connectivity index (χ1) is 10.8. The fourth-order valence-corrected chi connectivity index (χ4v) is 3.15. The molecule has 1 aliphatic carbocycles. The molecule has 0 fully saturated rings. The Morgan fingerprint density at radius 1 is 1.41 bits per heavy atom. The molecule has 1 aliphatic rings. The fraction of sp³-hybridized carbons (Fsp3) is 0.444. The van der Waals surface area contributed by atoms with Gasteiger partial charge in [0.15, 0.2) is 5.76 Å². The van der Waals surface area contributed by atoms with Crippen molar-refractivity contribution in [2.24, 2.45) is 0 Å². The molecule has 1 N–H and O–H groups in total. The van der Waals surface area contributed by atoms with Crippen molar-refractivity contribution in [2.45, 2.75) is 51.5 Å². The van der Waals surface area contributed by atoms with Gasteiger partial charge in [-0.3, -0.25) is 4.79 Å². The highest BCUT2D eigenvalue weighted by Gasteiger charge is 2.24. The molecule has 4 nitrogen and oxygen atoms in total. The van der Waals surface area contributed by atoms with Crippen LogP contribution in [0.25, 0.3) is 0 Å². The normalized spacial score (nSPS) is 16.5. The zero-order chi connectivity index (χ0) is 15.4. The molecule has 1 aromatic heterocycles. The molecule has 1 atom stereocenters. The minimum Gasteiger partial charge on any atom is -0.359 e. The number of aromatic nitrogens is 1. The first-order valence-corrected chi connectivity index (χ1v) is 8.05. The topological polar surface area (TPSA) is 55.1 Å². The lowest BCUT2D eigenvalue weighted by Crippen LogP contribution is -2.24. The summed E-state index contributed by atoms with van der Waals surface area (Å²) in [6.45, 7) is 2.53. The van der Waals surface area contributed by atoms with Gasteiger partial charge >= 0.3 is 0 Å². The quantitative estimate of drug-likeness (QED) is 0.889. The van der Waals surface area contributed by atoms with Gasteiger partial charge in [0.25, 0.3) is 0 Å². The lowest BCUT2D eigenvalue weighted by molar-refractivity contribution is -0.121. The van der Waals surface area contributed by atoms with Gasteiger partial charge in [0, 0.05) is 12.5 Å². The van der Waals surface area contributed by atoms with Crippen molar-refractivity contribution in [2.75, 3.05) is 0 Å². The van der Waals surface area contributed by atoms with E-state index in [4.69, 9.17) is 4.52 Å². The molecular formula is C18H22N2O2. The number of amides is 1. The van der Waals surface area contributed by atoms with E-state index in [1.165, 1.54) is 11.1 Å². The number of rotatable bonds is 6. The fourth-order valence-electron chi connectivity index (χ4n) is 3.15. The third-order valence-corrected chi connectivity index (χ3v) is 4.26. The third kappa shape index (κ3) is 3.38. The second-order valence-corrected chi connectivity index (χ2v) is 5.95. The van der Waals surface area contributed by atoms with E-state index in [0.717, 1.165) is 37.1 Å². The Hall–Kier alpha value is -2.10. The van der Waals surface area contributed by atoms with Gasteiger partial charge in [0.1, 0.15) is 0 Å². The van der Waals surface area contributed by atoms with Crippen LogP contribution in [0.5, 0.6) is 0 Å². The summed E-state index contributed by atoms with van der Waals surface area (Å²) in [5, 5.41) is 6.93. The van der Waals surface area contributed by atoms with Crippen LogP contribution in [0.15, 0.2) is 34.9 Å². The van der Waals surface area contributed by atoms with Gasteiger partial charge in [-0.05, 0) is 36.3 Å². The maximum atomic E-state index is 12.1. The first-order valence-electron chi connectivity index (χ1n) is 8.05. The minimum atomic E-state index is 0.0788. The molecule has 0 aliphatic heterocycles. The summed E-state index contributed by atoms with van der Waals surface area (Å²) >= 11 is 0. The summed E-state index contributed by atoms with van der Waals surface area (Å²) in [4.78, 5) is 12.1. The zero-order valence-corrected chi connectivity index (χ0v) is 13.0. The van der Waals surface area contributed by atoms with Crippen LogP contribution in [0.2, 0.25) is 0 Å². The molecule has 0 radical (unpaired) electrons. The average molecular weight is 298 g/mol. The molecule has 1 heterocycles. The number of hydrogen-bond donors (Lipinski definition) is 1. The largest absolute Gasteiger partial charge is 0.359 e. The lowest BCUT2D eigenvalue weighted by atomic mass is 9.97. The Labute approximate surface area is 130 Å². The van der Waals surface area contributed by atoms with Crippen LogP contribution >= 0.6 is 0 Å². The van der Waals surface area contributed by atoms with Gasteiger partial charge in [-0.2, -0.15) is 0 Å². The van der Waals surface area contributed by atoms with Crippen molar-refractivity contribution in [1.29, 1.82) is 0 Å². The molecule has 3 rings (SSSR count). The number of benzene rings is 1. The summed E-state index contributed by atoms with van der Waals surface area (Å²) in [7, 11) is 0. The van der Waals surface area contributed by atoms with Crippen molar-refractivity contribution in [3.8, 4) is 0 Å². The molecule has 116 valence electrons. The Kier molecular flexibility index (Phi) is 4.56. The van der Waals surface area contributed by atoms with Crippen molar-refractivity contribution < 1.29 is 9.32 Å². The van der Waals surface area contributed by atoms with E-state index in [2.05, 4.69) is 41.7 Å². The molecule has 1 aromatic carbocycles. The molecule has 1 unspecified atom stereocenters. The average Bonchev–Trinajstić information content (AvgIpc) is 3.13. The minimum absolute atomic E-state index is 0.0788. The molecule has 2 aromatic rings. The van der Waals surface area contributed by atoms with E-state index in [-0.39, 0.29) is 5.91 Å². The molecule has 22 heavy (non-hydrogen) atoms. The van der Waals surface area contributed by atoms with Gasteiger partial charge in [0.2, 0.25) is 5.91 Å². The summed E-state index contributed by atoms with van der Waals surface area (Å²) in [5.41, 5.74) is 3.68. The van der Waals surface area contributed by atoms with E-state index in [1.807, 2.05) is 6.07 Å². The molecule has 4 heteroatoms. The van der Waals surface area contributed by atoms with E-state index in [1.54, 1.807) is 0 Å². The number of carbonyl (C=O) groups is 1. The van der Waals surface area contributed by atoms with Crippen molar-refractivity contribution in [3.63, 3.8) is 0 Å². The van der Waals surface area contributed by atoms with E-state index in [0.29, 0.717) is 18.9 Å². The maximum absolute atomic E-state index is 12.1. The van der Waals surface area contributed by atoms with Gasteiger partial charge in [-0.15, -0.1) is 0 Å². The van der Waals surface area contributed by atoms with Gasteiger partial charge < -0.3 is 9.84 Å². The lowest BCUT2D eigenvalue weighted by Gasteiger charge is -2.11. The Bertz CT molecular complexity index is 648. The first kappa shape index (κ1) is 14.8. The predicted molar refractivity (Wildman–Crippen MR) is 84.5 cm³/mol. The SMILES string of the molecule is CCCc1cc(CNC(=O)CC2CCc3ccccc32)on1. The second kappa shape index (κ2) is 6.77. The van der Waals surface area contributed by atoms with Crippen LogP contribution in [0, 0.1) is 0 Å². The van der Waals surface area contributed by atoms with E-state index < -0.39 is 0 Å². The third-order valence-electron chi connectivity index (χ3n) is 4.26. The number of hydrogen-bond acceptors (Lipinski definition) is 3. The van der Waals surface area contributed by atoms with Gasteiger partial charge in [0.05, 0.1) is 12.2 Å². The van der Waals surface area contributed by atoms with Crippen LogP contribution in [-0.4, -0.2) is 11.1 Å². The zero-order valence-electron chi connectivity index (χ0n) is 13.0. The molecule has 1 amide bonds. The number of nitrogens with zero attached hydrogens (tertiary/aromatic N) is 1. The number of fused-ring (bicyclic) bond motifs is 1. The van der Waals surface area contributed by atoms with Crippen LogP contribution in [-0.2, 0) is 24.2 Å². The molecule has 0 spiro atoms. The van der Waals surface area contributed by atoms with Crippen molar-refractivity contribution >= 4 is 5.91 Å². The van der Waals surface area contributed by atoms with Gasteiger partial charge in [-0.25, -0.2) is 0 Å². The number of aryl methyl sites for hydroxylation is 2. The van der Waals surface area contributed by atoms with E-state index >= 15 is 0 Å². The van der Waals surface area contributed by atoms with Crippen LogP contribution in [0.4, 0.5) is 0 Å². The Morgan fingerprint density at radius 2 is 2.27 bits per heavy atom. The van der Waals surface area contributed by atoms with Crippen molar-refractivity contribution in [3.05, 3.63) is 52.9 Å².